The molecule has 1 saturated carbocycles. The highest BCUT2D eigenvalue weighted by molar-refractivity contribution is 5.67. The van der Waals surface area contributed by atoms with Gasteiger partial charge in [-0.2, -0.15) is 5.26 Å². The molecule has 0 N–H and O–H groups in total. The van der Waals surface area contributed by atoms with Crippen LogP contribution in [0.1, 0.15) is 23.1 Å². The Bertz CT molecular complexity index is 940. The molecule has 4 aliphatic rings. The van der Waals surface area contributed by atoms with Gasteiger partial charge in [-0.15, -0.1) is 6.58 Å². The molecule has 0 aromatic heterocycles. The Hall–Kier alpha value is -2.70. The van der Waals surface area contributed by atoms with E-state index < -0.39 is 0 Å². The van der Waals surface area contributed by atoms with Crippen LogP contribution in [0.4, 0.5) is 0 Å². The average molecular weight is 367 g/mol. The van der Waals surface area contributed by atoms with E-state index in [1.807, 2.05) is 18.2 Å². The zero-order chi connectivity index (χ0) is 19.1. The Morgan fingerprint density at radius 2 is 1.96 bits per heavy atom. The largest absolute Gasteiger partial charge is 0.293 e. The van der Waals surface area contributed by atoms with Crippen LogP contribution in [0.5, 0.6) is 0 Å². The first kappa shape index (κ1) is 17.4. The summed E-state index contributed by atoms with van der Waals surface area (Å²) in [5.41, 5.74) is 3.20. The molecule has 2 aromatic rings. The van der Waals surface area contributed by atoms with Gasteiger partial charge in [0, 0.05) is 31.3 Å². The van der Waals surface area contributed by atoms with Crippen LogP contribution in [-0.2, 0) is 12.0 Å². The lowest BCUT2D eigenvalue weighted by molar-refractivity contribution is 0.0756. The zero-order valence-electron chi connectivity index (χ0n) is 16.0. The van der Waals surface area contributed by atoms with Gasteiger partial charge in [-0.3, -0.25) is 9.89 Å². The zero-order valence-corrected chi connectivity index (χ0v) is 16.0. The van der Waals surface area contributed by atoms with E-state index >= 15 is 0 Å². The number of rotatable bonds is 5. The molecule has 5 atom stereocenters. The summed E-state index contributed by atoms with van der Waals surface area (Å²) >= 11 is 0. The second-order valence-electron chi connectivity index (χ2n) is 8.43. The van der Waals surface area contributed by atoms with Crippen LogP contribution in [-0.4, -0.2) is 30.2 Å². The van der Waals surface area contributed by atoms with Crippen LogP contribution in [0.2, 0.25) is 0 Å². The molecule has 0 radical (unpaired) electrons. The molecule has 2 fully saturated rings. The van der Waals surface area contributed by atoms with Crippen molar-refractivity contribution < 1.29 is 0 Å². The third-order valence-electron chi connectivity index (χ3n) is 7.07. The van der Waals surface area contributed by atoms with Gasteiger partial charge in [0.1, 0.15) is 5.54 Å². The van der Waals surface area contributed by atoms with E-state index in [1.165, 1.54) is 17.5 Å². The molecule has 3 heteroatoms. The number of hydrogen-bond donors (Lipinski definition) is 0. The first-order valence-electron chi connectivity index (χ1n) is 10.2. The number of benzene rings is 2. The molecular weight excluding hydrogens is 342 g/mol. The average Bonchev–Trinajstić information content (AvgIpc) is 3.00. The van der Waals surface area contributed by atoms with Gasteiger partial charge in [0.05, 0.1) is 11.6 Å². The number of aliphatic imine (C=N–C) groups is 1. The minimum atomic E-state index is -0.189. The third-order valence-corrected chi connectivity index (χ3v) is 7.07. The van der Waals surface area contributed by atoms with Crippen LogP contribution < -0.4 is 0 Å². The summed E-state index contributed by atoms with van der Waals surface area (Å²) < 4.78 is 0. The van der Waals surface area contributed by atoms with Gasteiger partial charge in [0.25, 0.3) is 0 Å². The first-order chi connectivity index (χ1) is 13.8. The number of nitriles is 1. The van der Waals surface area contributed by atoms with Crippen molar-refractivity contribution in [3.05, 3.63) is 83.9 Å². The predicted octanol–water partition coefficient (Wildman–Crippen LogP) is 4.20. The summed E-state index contributed by atoms with van der Waals surface area (Å²) in [6.45, 7) is 6.00. The Morgan fingerprint density at radius 1 is 1.18 bits per heavy atom. The van der Waals surface area contributed by atoms with Crippen molar-refractivity contribution in [1.82, 2.24) is 4.90 Å². The normalized spacial score (nSPS) is 33.0. The fourth-order valence-corrected chi connectivity index (χ4v) is 6.01. The Kier molecular flexibility index (Phi) is 4.18. The monoisotopic (exact) mass is 367 g/mol. The Labute approximate surface area is 167 Å². The molecule has 0 spiro atoms. The molecule has 3 nitrogen and oxygen atoms in total. The lowest BCUT2D eigenvalue weighted by atomic mass is 9.58. The summed E-state index contributed by atoms with van der Waals surface area (Å²) in [6.07, 6.45) is 6.56. The van der Waals surface area contributed by atoms with E-state index in [1.54, 1.807) is 0 Å². The van der Waals surface area contributed by atoms with Gasteiger partial charge in [-0.1, -0.05) is 48.5 Å². The summed E-state index contributed by atoms with van der Waals surface area (Å²) in [6, 6.07) is 21.7. The van der Waals surface area contributed by atoms with Crippen molar-refractivity contribution in [1.29, 1.82) is 5.26 Å². The molecule has 2 aromatic carbocycles. The predicted molar refractivity (Wildman–Crippen MR) is 112 cm³/mol. The highest BCUT2D eigenvalue weighted by Gasteiger charge is 2.64. The minimum absolute atomic E-state index is 0.189. The second-order valence-corrected chi connectivity index (χ2v) is 8.43. The maximum Gasteiger partial charge on any atom is 0.105 e. The van der Waals surface area contributed by atoms with Gasteiger partial charge in [0.2, 0.25) is 0 Å². The smallest absolute Gasteiger partial charge is 0.105 e. The molecule has 3 heterocycles. The van der Waals surface area contributed by atoms with E-state index in [4.69, 9.17) is 4.99 Å². The van der Waals surface area contributed by atoms with Crippen molar-refractivity contribution in [3.63, 3.8) is 0 Å². The molecule has 4 bridgehead atoms. The van der Waals surface area contributed by atoms with E-state index in [0.29, 0.717) is 29.4 Å². The molecule has 28 heavy (non-hydrogen) atoms. The van der Waals surface area contributed by atoms with Crippen molar-refractivity contribution in [2.24, 2.45) is 22.7 Å². The molecule has 3 aliphatic heterocycles. The standard InChI is InChI=1S/C25H25N3/c1-2-12-28-17-22-14-20-16-27-25(22,21-10-8-19(15-26)9-11-21)24(28)23(20)13-18-6-4-3-5-7-18/h2-11,16,20,22-24H,1,12-14,17H2/t20-,22-,23+,24-,25-/m0/s1. The summed E-state index contributed by atoms with van der Waals surface area (Å²) in [5, 5.41) is 9.20. The van der Waals surface area contributed by atoms with Crippen LogP contribution >= 0.6 is 0 Å². The first-order valence-corrected chi connectivity index (χ1v) is 10.2. The van der Waals surface area contributed by atoms with Crippen LogP contribution in [0.3, 0.4) is 0 Å². The molecular formula is C25H25N3. The molecule has 0 unspecified atom stereocenters. The Balaban J connectivity index is 1.59. The molecule has 1 aliphatic carbocycles. The molecule has 0 amide bonds. The fraction of sp³-hybridized carbons (Fsp3) is 0.360. The number of hydrogen-bond acceptors (Lipinski definition) is 3. The van der Waals surface area contributed by atoms with Crippen LogP contribution in [0.25, 0.3) is 0 Å². The van der Waals surface area contributed by atoms with E-state index in [-0.39, 0.29) is 5.54 Å². The van der Waals surface area contributed by atoms with Crippen molar-refractivity contribution in [2.75, 3.05) is 13.1 Å². The van der Waals surface area contributed by atoms with Crippen molar-refractivity contribution >= 4 is 6.21 Å². The second kappa shape index (κ2) is 6.72. The third kappa shape index (κ3) is 2.48. The quantitative estimate of drug-likeness (QED) is 0.743. The highest BCUT2D eigenvalue weighted by atomic mass is 15.3. The maximum atomic E-state index is 9.20. The van der Waals surface area contributed by atoms with Gasteiger partial charge >= 0.3 is 0 Å². The SMILES string of the molecule is C=CCN1C[C@@H]2C[C@H]3C=N[C@]2(c2ccc(C#N)cc2)[C@@H]1[C@@H]3Cc1ccccc1. The van der Waals surface area contributed by atoms with E-state index in [2.05, 4.69) is 66.2 Å². The van der Waals surface area contributed by atoms with Crippen LogP contribution in [0.15, 0.2) is 72.2 Å². The number of nitrogens with zero attached hydrogens (tertiary/aromatic N) is 3. The molecule has 140 valence electrons. The minimum Gasteiger partial charge on any atom is -0.293 e. The Morgan fingerprint density at radius 3 is 2.68 bits per heavy atom. The topological polar surface area (TPSA) is 39.4 Å². The summed E-state index contributed by atoms with van der Waals surface area (Å²) in [7, 11) is 0. The van der Waals surface area contributed by atoms with E-state index in [0.717, 1.165) is 19.5 Å². The van der Waals surface area contributed by atoms with Crippen molar-refractivity contribution in [3.8, 4) is 6.07 Å². The van der Waals surface area contributed by atoms with Gasteiger partial charge in [-0.05, 0) is 47.9 Å². The van der Waals surface area contributed by atoms with Gasteiger partial charge in [-0.25, -0.2) is 0 Å². The summed E-state index contributed by atoms with van der Waals surface area (Å²) in [5.74, 6) is 1.63. The number of likely N-dealkylation sites (tertiary alicyclic amines) is 1. The van der Waals surface area contributed by atoms with Gasteiger partial charge < -0.3 is 0 Å². The summed E-state index contributed by atoms with van der Waals surface area (Å²) in [4.78, 5) is 7.83. The lowest BCUT2D eigenvalue weighted by Crippen LogP contribution is -2.57. The van der Waals surface area contributed by atoms with Crippen LogP contribution in [0, 0.1) is 29.1 Å². The lowest BCUT2D eigenvalue weighted by Gasteiger charge is -2.52. The molecule has 6 rings (SSSR count). The van der Waals surface area contributed by atoms with E-state index in [9.17, 15) is 5.26 Å². The fourth-order valence-electron chi connectivity index (χ4n) is 6.01. The van der Waals surface area contributed by atoms with Crippen molar-refractivity contribution in [2.45, 2.75) is 24.4 Å². The maximum absolute atomic E-state index is 9.20. The molecule has 1 saturated heterocycles. The van der Waals surface area contributed by atoms with Gasteiger partial charge in [0.15, 0.2) is 0 Å². The highest BCUT2D eigenvalue weighted by Crippen LogP contribution is 2.59.